The van der Waals surface area contributed by atoms with E-state index in [9.17, 15) is 9.90 Å². The van der Waals surface area contributed by atoms with Crippen molar-refractivity contribution in [2.75, 3.05) is 6.61 Å². The number of benzene rings is 1. The van der Waals surface area contributed by atoms with E-state index in [1.807, 2.05) is 45.0 Å². The molecule has 1 heterocycles. The number of carbonyl (C=O) groups is 1. The van der Waals surface area contributed by atoms with Crippen LogP contribution in [0.5, 0.6) is 0 Å². The average molecular weight is 298 g/mol. The molecule has 0 spiro atoms. The van der Waals surface area contributed by atoms with Crippen molar-refractivity contribution in [1.29, 1.82) is 0 Å². The van der Waals surface area contributed by atoms with Crippen LogP contribution in [0.3, 0.4) is 0 Å². The molecule has 1 atom stereocenters. The number of rotatable bonds is 4. The molecule has 0 bridgehead atoms. The summed E-state index contributed by atoms with van der Waals surface area (Å²) >= 11 is 0. The first-order chi connectivity index (χ1) is 10.4. The number of nitrogens with one attached hydrogen (secondary N) is 1. The van der Waals surface area contributed by atoms with Crippen molar-refractivity contribution in [1.82, 2.24) is 10.3 Å². The van der Waals surface area contributed by atoms with Crippen LogP contribution >= 0.6 is 0 Å². The summed E-state index contributed by atoms with van der Waals surface area (Å²) in [6, 6.07) is 7.92. The van der Waals surface area contributed by atoms with Gasteiger partial charge in [0.2, 0.25) is 0 Å². The monoisotopic (exact) mass is 298 g/mol. The Bertz CT molecular complexity index is 737. The Balaban J connectivity index is 1.94. The van der Waals surface area contributed by atoms with E-state index in [1.165, 1.54) is 0 Å². The molecule has 1 aliphatic carbocycles. The highest BCUT2D eigenvalue weighted by Gasteiger charge is 2.42. The van der Waals surface area contributed by atoms with Crippen molar-refractivity contribution in [3.8, 4) is 0 Å². The minimum absolute atomic E-state index is 0.0391. The maximum Gasteiger partial charge on any atom is 0.253 e. The lowest BCUT2D eigenvalue weighted by atomic mass is 9.96. The third-order valence-electron chi connectivity index (χ3n) is 4.61. The van der Waals surface area contributed by atoms with Crippen molar-refractivity contribution in [3.63, 3.8) is 0 Å². The number of aryl methyl sites for hydroxylation is 2. The van der Waals surface area contributed by atoms with Gasteiger partial charge in [-0.3, -0.25) is 9.78 Å². The molecule has 2 aromatic rings. The van der Waals surface area contributed by atoms with Gasteiger partial charge in [-0.15, -0.1) is 0 Å². The molecule has 4 heteroatoms. The fourth-order valence-electron chi connectivity index (χ4n) is 2.94. The van der Waals surface area contributed by atoms with Crippen molar-refractivity contribution < 1.29 is 9.90 Å². The van der Waals surface area contributed by atoms with Gasteiger partial charge < -0.3 is 10.4 Å². The summed E-state index contributed by atoms with van der Waals surface area (Å²) in [7, 11) is 0. The molecule has 4 nitrogen and oxygen atoms in total. The number of hydrogen-bond acceptors (Lipinski definition) is 3. The molecular formula is C18H22N2O2. The van der Waals surface area contributed by atoms with Gasteiger partial charge in [0, 0.05) is 5.39 Å². The van der Waals surface area contributed by atoms with E-state index >= 15 is 0 Å². The molecule has 2 N–H and O–H groups in total. The molecule has 0 aliphatic heterocycles. The van der Waals surface area contributed by atoms with Crippen molar-refractivity contribution in [3.05, 3.63) is 41.1 Å². The Hall–Kier alpha value is -1.94. The highest BCUT2D eigenvalue weighted by atomic mass is 16.3. The average Bonchev–Trinajstić information content (AvgIpc) is 3.31. The van der Waals surface area contributed by atoms with E-state index in [1.54, 1.807) is 0 Å². The topological polar surface area (TPSA) is 62.2 Å². The van der Waals surface area contributed by atoms with Gasteiger partial charge in [0.25, 0.3) is 5.91 Å². The number of hydrogen-bond donors (Lipinski definition) is 2. The zero-order valence-electron chi connectivity index (χ0n) is 13.3. The van der Waals surface area contributed by atoms with Crippen LogP contribution < -0.4 is 5.32 Å². The summed E-state index contributed by atoms with van der Waals surface area (Å²) in [4.78, 5) is 17.2. The SMILES string of the molecule is Cc1ccc2nc(C)c(C(=O)NC(C)(CO)C3CC3)cc2c1. The lowest BCUT2D eigenvalue weighted by Crippen LogP contribution is -2.50. The Morgan fingerprint density at radius 3 is 2.73 bits per heavy atom. The zero-order chi connectivity index (χ0) is 15.9. The summed E-state index contributed by atoms with van der Waals surface area (Å²) in [5, 5.41) is 13.6. The third-order valence-corrected chi connectivity index (χ3v) is 4.61. The molecule has 116 valence electrons. The lowest BCUT2D eigenvalue weighted by molar-refractivity contribution is 0.0823. The van der Waals surface area contributed by atoms with E-state index in [0.29, 0.717) is 17.2 Å². The molecular weight excluding hydrogens is 276 g/mol. The summed E-state index contributed by atoms with van der Waals surface area (Å²) in [6.07, 6.45) is 2.12. The predicted molar refractivity (Wildman–Crippen MR) is 86.9 cm³/mol. The Morgan fingerprint density at radius 1 is 1.36 bits per heavy atom. The maximum atomic E-state index is 12.6. The zero-order valence-corrected chi connectivity index (χ0v) is 13.3. The van der Waals surface area contributed by atoms with Gasteiger partial charge in [0.1, 0.15) is 0 Å². The van der Waals surface area contributed by atoms with Gasteiger partial charge >= 0.3 is 0 Å². The second-order valence-corrected chi connectivity index (χ2v) is 6.62. The number of aliphatic hydroxyl groups excluding tert-OH is 1. The summed E-state index contributed by atoms with van der Waals surface area (Å²) in [5.74, 6) is 0.217. The molecule has 1 amide bonds. The van der Waals surface area contributed by atoms with E-state index < -0.39 is 5.54 Å². The van der Waals surface area contributed by atoms with Crippen LogP contribution in [0.2, 0.25) is 0 Å². The second kappa shape index (κ2) is 5.36. The van der Waals surface area contributed by atoms with Crippen LogP contribution in [0, 0.1) is 19.8 Å². The number of pyridine rings is 1. The number of fused-ring (bicyclic) bond motifs is 1. The van der Waals surface area contributed by atoms with E-state index in [4.69, 9.17) is 0 Å². The van der Waals surface area contributed by atoms with Crippen LogP contribution in [0.15, 0.2) is 24.3 Å². The fraction of sp³-hybridized carbons (Fsp3) is 0.444. The van der Waals surface area contributed by atoms with Gasteiger partial charge in [-0.2, -0.15) is 0 Å². The predicted octanol–water partition coefficient (Wildman–Crippen LogP) is 2.74. The van der Waals surface area contributed by atoms with Gasteiger partial charge in [0.15, 0.2) is 0 Å². The highest BCUT2D eigenvalue weighted by molar-refractivity contribution is 5.99. The normalized spacial score (nSPS) is 17.3. The smallest absolute Gasteiger partial charge is 0.253 e. The van der Waals surface area contributed by atoms with Crippen molar-refractivity contribution in [2.24, 2.45) is 5.92 Å². The van der Waals surface area contributed by atoms with E-state index in [0.717, 1.165) is 29.3 Å². The van der Waals surface area contributed by atoms with E-state index in [2.05, 4.69) is 10.3 Å². The molecule has 1 fully saturated rings. The number of aliphatic hydroxyl groups is 1. The number of aromatic nitrogens is 1. The van der Waals surface area contributed by atoms with Gasteiger partial charge in [0.05, 0.1) is 28.9 Å². The maximum absolute atomic E-state index is 12.6. The number of carbonyl (C=O) groups excluding carboxylic acids is 1. The Kier molecular flexibility index (Phi) is 3.65. The molecule has 1 saturated carbocycles. The first-order valence-corrected chi connectivity index (χ1v) is 7.74. The highest BCUT2D eigenvalue weighted by Crippen LogP contribution is 2.39. The third kappa shape index (κ3) is 2.71. The molecule has 0 radical (unpaired) electrons. The minimum atomic E-state index is -0.537. The van der Waals surface area contributed by atoms with Crippen LogP contribution in [0.1, 0.15) is 41.4 Å². The Morgan fingerprint density at radius 2 is 2.09 bits per heavy atom. The van der Waals surface area contributed by atoms with Gasteiger partial charge in [-0.1, -0.05) is 11.6 Å². The molecule has 22 heavy (non-hydrogen) atoms. The Labute approximate surface area is 130 Å². The number of amides is 1. The van der Waals surface area contributed by atoms with Crippen LogP contribution in [-0.2, 0) is 0 Å². The molecule has 1 unspecified atom stereocenters. The van der Waals surface area contributed by atoms with Crippen molar-refractivity contribution in [2.45, 2.75) is 39.2 Å². The first-order valence-electron chi connectivity index (χ1n) is 7.74. The molecule has 1 aromatic carbocycles. The summed E-state index contributed by atoms with van der Waals surface area (Å²) < 4.78 is 0. The van der Waals surface area contributed by atoms with Crippen molar-refractivity contribution >= 4 is 16.8 Å². The molecule has 1 aromatic heterocycles. The molecule has 3 rings (SSSR count). The summed E-state index contributed by atoms with van der Waals surface area (Å²) in [5.41, 5.74) is 2.79. The quantitative estimate of drug-likeness (QED) is 0.912. The number of nitrogens with zero attached hydrogens (tertiary/aromatic N) is 1. The second-order valence-electron chi connectivity index (χ2n) is 6.62. The molecule has 0 saturated heterocycles. The molecule has 1 aliphatic rings. The fourth-order valence-corrected chi connectivity index (χ4v) is 2.94. The largest absolute Gasteiger partial charge is 0.394 e. The van der Waals surface area contributed by atoms with E-state index in [-0.39, 0.29) is 12.5 Å². The van der Waals surface area contributed by atoms with Crippen LogP contribution in [-0.4, -0.2) is 28.1 Å². The summed E-state index contributed by atoms with van der Waals surface area (Å²) in [6.45, 7) is 5.75. The van der Waals surface area contributed by atoms with Gasteiger partial charge in [-0.05, 0) is 57.7 Å². The standard InChI is InChI=1S/C18H22N2O2/c1-11-4-7-16-13(8-11)9-15(12(2)19-16)17(22)20-18(3,10-21)14-5-6-14/h4,7-9,14,21H,5-6,10H2,1-3H3,(H,20,22). The minimum Gasteiger partial charge on any atom is -0.394 e. The van der Waals surface area contributed by atoms with Crippen LogP contribution in [0.4, 0.5) is 0 Å². The van der Waals surface area contributed by atoms with Crippen LogP contribution in [0.25, 0.3) is 10.9 Å². The van der Waals surface area contributed by atoms with Gasteiger partial charge in [-0.25, -0.2) is 0 Å². The first kappa shape index (κ1) is 15.0. The lowest BCUT2D eigenvalue weighted by Gasteiger charge is -2.29.